The minimum absolute atomic E-state index is 0.00999. The summed E-state index contributed by atoms with van der Waals surface area (Å²) in [5.41, 5.74) is 9.99. The number of esters is 2. The molecule has 1 aliphatic heterocycles. The van der Waals surface area contributed by atoms with E-state index in [9.17, 15) is 14.4 Å². The fourth-order valence-electron chi connectivity index (χ4n) is 4.67. The quantitative estimate of drug-likeness (QED) is 0.454. The van der Waals surface area contributed by atoms with Crippen molar-refractivity contribution in [3.63, 3.8) is 0 Å². The van der Waals surface area contributed by atoms with E-state index >= 15 is 0 Å². The number of rotatable bonds is 7. The summed E-state index contributed by atoms with van der Waals surface area (Å²) < 4.78 is 12.6. The maximum absolute atomic E-state index is 14.0. The fourth-order valence-corrected chi connectivity index (χ4v) is 5.84. The predicted octanol–water partition coefficient (Wildman–Crippen LogP) is 3.69. The maximum Gasteiger partial charge on any atom is 0.343 e. The third kappa shape index (κ3) is 5.34. The summed E-state index contributed by atoms with van der Waals surface area (Å²) in [6, 6.07) is 14.8. The third-order valence-electron chi connectivity index (χ3n) is 6.86. The fraction of sp³-hybridized carbons (Fsp3) is 0.323. The Morgan fingerprint density at radius 3 is 2.05 bits per heavy atom. The lowest BCUT2D eigenvalue weighted by Gasteiger charge is -2.27. The summed E-state index contributed by atoms with van der Waals surface area (Å²) in [7, 11) is 1.25. The van der Waals surface area contributed by atoms with Crippen LogP contribution in [0.15, 0.2) is 64.6 Å². The third-order valence-corrected chi connectivity index (χ3v) is 7.97. The number of fused-ring (bicyclic) bond motifs is 1. The van der Waals surface area contributed by atoms with Crippen LogP contribution in [-0.2, 0) is 19.1 Å². The average molecular weight is 547 g/mol. The molecule has 2 N–H and O–H groups in total. The Kier molecular flexibility index (Phi) is 8.25. The molecule has 204 valence electrons. The summed E-state index contributed by atoms with van der Waals surface area (Å²) in [4.78, 5) is 40.3. The summed E-state index contributed by atoms with van der Waals surface area (Å²) in [5, 5.41) is 0. The van der Waals surface area contributed by atoms with Gasteiger partial charge in [-0.3, -0.25) is 9.36 Å². The highest BCUT2D eigenvalue weighted by atomic mass is 32.1. The molecule has 7 nitrogen and oxygen atoms in total. The number of hydrogen-bond acceptors (Lipinski definition) is 7. The predicted molar refractivity (Wildman–Crippen MR) is 154 cm³/mol. The molecule has 0 radical (unpaired) electrons. The first-order chi connectivity index (χ1) is 18.6. The normalized spacial score (nSPS) is 15.6. The number of carbonyl (C=O) groups excluding carboxylic acids is 2. The monoisotopic (exact) mass is 546 g/mol. The second-order valence-electron chi connectivity index (χ2n) is 10.1. The van der Waals surface area contributed by atoms with Gasteiger partial charge in [-0.15, -0.1) is 11.3 Å². The van der Waals surface area contributed by atoms with E-state index in [4.69, 9.17) is 15.2 Å². The van der Waals surface area contributed by atoms with Crippen molar-refractivity contribution in [2.75, 3.05) is 13.7 Å². The molecular weight excluding hydrogens is 512 g/mol. The number of aromatic nitrogens is 1. The van der Waals surface area contributed by atoms with Crippen LogP contribution in [-0.4, -0.2) is 30.2 Å². The molecule has 0 unspecified atom stereocenters. The van der Waals surface area contributed by atoms with E-state index in [1.807, 2.05) is 48.5 Å². The Morgan fingerprint density at radius 2 is 1.54 bits per heavy atom. The minimum Gasteiger partial charge on any atom is -0.466 e. The first-order valence-electron chi connectivity index (χ1n) is 13.0. The first-order valence-corrected chi connectivity index (χ1v) is 13.8. The molecule has 4 rings (SSSR count). The summed E-state index contributed by atoms with van der Waals surface area (Å²) in [5.74, 6) is -0.731. The Hall–Kier alpha value is -3.91. The number of benzene rings is 2. The molecule has 0 saturated carbocycles. The Balaban J connectivity index is 2.04. The Bertz CT molecular complexity index is 1610. The molecule has 39 heavy (non-hydrogen) atoms. The lowest BCUT2D eigenvalue weighted by atomic mass is 9.90. The van der Waals surface area contributed by atoms with Gasteiger partial charge >= 0.3 is 11.9 Å². The van der Waals surface area contributed by atoms with Gasteiger partial charge in [-0.05, 0) is 47.1 Å². The number of methoxy groups -OCH3 is 1. The van der Waals surface area contributed by atoms with Crippen molar-refractivity contribution in [1.82, 2.24) is 4.57 Å². The van der Waals surface area contributed by atoms with Crippen molar-refractivity contribution in [1.29, 1.82) is 0 Å². The Morgan fingerprint density at radius 1 is 0.974 bits per heavy atom. The second-order valence-corrected chi connectivity index (χ2v) is 11.1. The van der Waals surface area contributed by atoms with Crippen LogP contribution in [0.4, 0.5) is 0 Å². The molecule has 0 aliphatic carbocycles. The number of nitrogens with two attached hydrogens (primary N) is 1. The lowest BCUT2D eigenvalue weighted by molar-refractivity contribution is -0.136. The van der Waals surface area contributed by atoms with Crippen LogP contribution in [0.5, 0.6) is 0 Å². The van der Waals surface area contributed by atoms with Gasteiger partial charge in [0, 0.05) is 0 Å². The molecule has 2 aromatic carbocycles. The molecule has 0 fully saturated rings. The van der Waals surface area contributed by atoms with Gasteiger partial charge in [-0.1, -0.05) is 76.2 Å². The van der Waals surface area contributed by atoms with Crippen LogP contribution in [0.2, 0.25) is 0 Å². The zero-order valence-electron chi connectivity index (χ0n) is 23.1. The van der Waals surface area contributed by atoms with Gasteiger partial charge in [0.2, 0.25) is 0 Å². The van der Waals surface area contributed by atoms with Gasteiger partial charge in [0.05, 0.1) is 35.6 Å². The van der Waals surface area contributed by atoms with Crippen LogP contribution in [0.25, 0.3) is 11.6 Å². The van der Waals surface area contributed by atoms with Gasteiger partial charge in [0.1, 0.15) is 10.2 Å². The van der Waals surface area contributed by atoms with Gasteiger partial charge in [0.15, 0.2) is 0 Å². The zero-order valence-corrected chi connectivity index (χ0v) is 23.9. The second kappa shape index (κ2) is 11.5. The summed E-state index contributed by atoms with van der Waals surface area (Å²) in [6.07, 6.45) is 1.79. The molecule has 8 heteroatoms. The van der Waals surface area contributed by atoms with E-state index in [2.05, 4.69) is 27.7 Å². The van der Waals surface area contributed by atoms with Gasteiger partial charge in [-0.2, -0.15) is 0 Å². The minimum atomic E-state index is -0.874. The van der Waals surface area contributed by atoms with Crippen LogP contribution >= 0.6 is 11.3 Å². The highest BCUT2D eigenvalue weighted by Gasteiger charge is 2.38. The largest absolute Gasteiger partial charge is 0.466 e. The maximum atomic E-state index is 14.0. The van der Waals surface area contributed by atoms with Crippen molar-refractivity contribution in [3.05, 3.63) is 102 Å². The van der Waals surface area contributed by atoms with Crippen LogP contribution in [0.1, 0.15) is 74.8 Å². The van der Waals surface area contributed by atoms with Crippen molar-refractivity contribution < 1.29 is 19.1 Å². The highest BCUT2D eigenvalue weighted by Crippen LogP contribution is 2.33. The van der Waals surface area contributed by atoms with Gasteiger partial charge in [0.25, 0.3) is 5.56 Å². The zero-order chi connectivity index (χ0) is 28.4. The molecular formula is C31H34N2O5S. The molecule has 0 bridgehead atoms. The van der Waals surface area contributed by atoms with Crippen LogP contribution < -0.4 is 20.5 Å². The SMILES string of the molecule is CCOC(=O)C1=c2s/c(=C/c3ccc(C(C)C)cc3)c(=O)n2[C@H](c2ccc(C(C)C)cc2)C(C(=O)OC)=C1N. The smallest absolute Gasteiger partial charge is 0.343 e. The van der Waals surface area contributed by atoms with E-state index < -0.39 is 18.0 Å². The van der Waals surface area contributed by atoms with Crippen molar-refractivity contribution in [3.8, 4) is 0 Å². The van der Waals surface area contributed by atoms with E-state index in [-0.39, 0.29) is 29.0 Å². The lowest BCUT2D eigenvalue weighted by Crippen LogP contribution is -2.43. The van der Waals surface area contributed by atoms with Gasteiger partial charge < -0.3 is 15.2 Å². The number of ether oxygens (including phenoxy) is 2. The van der Waals surface area contributed by atoms with Crippen LogP contribution in [0.3, 0.4) is 0 Å². The number of hydrogen-bond donors (Lipinski definition) is 1. The molecule has 0 amide bonds. The van der Waals surface area contributed by atoms with E-state index in [0.29, 0.717) is 26.6 Å². The number of carbonyl (C=O) groups is 2. The molecule has 1 atom stereocenters. The molecule has 2 heterocycles. The van der Waals surface area contributed by atoms with Gasteiger partial charge in [-0.25, -0.2) is 9.59 Å². The summed E-state index contributed by atoms with van der Waals surface area (Å²) in [6.45, 7) is 10.2. The van der Waals surface area contributed by atoms with Crippen molar-refractivity contribution in [2.45, 2.75) is 52.5 Å². The molecule has 1 aromatic heterocycles. The van der Waals surface area contributed by atoms with Crippen molar-refractivity contribution >= 4 is 34.9 Å². The number of nitrogens with zero attached hydrogens (tertiary/aromatic N) is 1. The topological polar surface area (TPSA) is 101 Å². The standard InChI is InChI=1S/C31H34N2O5S/c1-7-38-31(36)25-26(32)24(30(35)37-6)27(22-14-12-21(13-15-22)18(4)5)33-28(34)23(39-29(25)33)16-19-8-10-20(11-9-19)17(2)3/h8-18,27H,7,32H2,1-6H3/b23-16+/t27-/m1/s1. The molecule has 0 spiro atoms. The number of thiazole rings is 1. The molecule has 1 aliphatic rings. The summed E-state index contributed by atoms with van der Waals surface area (Å²) >= 11 is 1.15. The van der Waals surface area contributed by atoms with E-state index in [1.165, 1.54) is 17.2 Å². The highest BCUT2D eigenvalue weighted by molar-refractivity contribution is 7.07. The Labute approximate surface area is 231 Å². The molecule has 3 aromatic rings. The molecule has 0 saturated heterocycles. The van der Waals surface area contributed by atoms with Crippen LogP contribution in [0, 0.1) is 0 Å². The average Bonchev–Trinajstić information content (AvgIpc) is 3.22. The van der Waals surface area contributed by atoms with Crippen molar-refractivity contribution in [2.24, 2.45) is 5.73 Å². The van der Waals surface area contributed by atoms with E-state index in [0.717, 1.165) is 22.5 Å². The van der Waals surface area contributed by atoms with E-state index in [1.54, 1.807) is 13.0 Å². The first kappa shape index (κ1) is 28.1.